The minimum atomic E-state index is -3.62. The maximum absolute atomic E-state index is 12.3. The van der Waals surface area contributed by atoms with E-state index >= 15 is 0 Å². The third-order valence-electron chi connectivity index (χ3n) is 3.76. The number of hydrogen-bond donors (Lipinski definition) is 2. The molecule has 9 heteroatoms. The van der Waals surface area contributed by atoms with E-state index in [0.29, 0.717) is 29.1 Å². The number of fused-ring (bicyclic) bond motifs is 1. The fourth-order valence-electron chi connectivity index (χ4n) is 2.24. The number of hydrogen-bond acceptors (Lipinski definition) is 6. The molecule has 0 aliphatic heterocycles. The number of nitrogens with one attached hydrogen (secondary N) is 1. The van der Waals surface area contributed by atoms with Crippen LogP contribution in [0.4, 0.5) is 0 Å². The molecule has 122 valence electrons. The Labute approximate surface area is 135 Å². The summed E-state index contributed by atoms with van der Waals surface area (Å²) in [7, 11) is -3.62. The smallest absolute Gasteiger partial charge is 0.258 e. The van der Waals surface area contributed by atoms with Crippen LogP contribution in [0, 0.1) is 5.92 Å². The van der Waals surface area contributed by atoms with Crippen molar-refractivity contribution in [1.82, 2.24) is 14.9 Å². The third-order valence-corrected chi connectivity index (χ3v) is 5.15. The summed E-state index contributed by atoms with van der Waals surface area (Å²) >= 11 is 0. The Hall–Kier alpha value is -1.22. The average molecular weight is 347 g/mol. The summed E-state index contributed by atoms with van der Waals surface area (Å²) in [6, 6.07) is 1.42. The van der Waals surface area contributed by atoms with Crippen molar-refractivity contribution < 1.29 is 12.9 Å². The van der Waals surface area contributed by atoms with Crippen LogP contribution in [0.3, 0.4) is 0 Å². The first-order chi connectivity index (χ1) is 10.0. The van der Waals surface area contributed by atoms with E-state index in [2.05, 4.69) is 14.9 Å². The SMILES string of the molecule is CCc1noc2ncc(S(=O)(=O)NCC(N)C3CC3)cc12.Cl. The number of halogens is 1. The Kier molecular flexibility index (Phi) is 5.06. The van der Waals surface area contributed by atoms with Gasteiger partial charge in [0.15, 0.2) is 0 Å². The minimum Gasteiger partial charge on any atom is -0.336 e. The van der Waals surface area contributed by atoms with Crippen molar-refractivity contribution >= 4 is 33.5 Å². The van der Waals surface area contributed by atoms with Crippen molar-refractivity contribution in [2.75, 3.05) is 6.54 Å². The van der Waals surface area contributed by atoms with Crippen molar-refractivity contribution in [3.05, 3.63) is 18.0 Å². The largest absolute Gasteiger partial charge is 0.336 e. The summed E-state index contributed by atoms with van der Waals surface area (Å²) < 4.78 is 32.2. The lowest BCUT2D eigenvalue weighted by molar-refractivity contribution is 0.439. The molecule has 0 amide bonds. The van der Waals surface area contributed by atoms with Crippen LogP contribution >= 0.6 is 12.4 Å². The molecule has 0 saturated heterocycles. The first kappa shape index (κ1) is 17.1. The van der Waals surface area contributed by atoms with Gasteiger partial charge in [0, 0.05) is 12.6 Å². The van der Waals surface area contributed by atoms with Gasteiger partial charge in [-0.3, -0.25) is 0 Å². The van der Waals surface area contributed by atoms with Crippen LogP contribution in [0.1, 0.15) is 25.5 Å². The van der Waals surface area contributed by atoms with Crippen LogP contribution in [0.2, 0.25) is 0 Å². The summed E-state index contributed by atoms with van der Waals surface area (Å²) in [5, 5.41) is 4.50. The third kappa shape index (κ3) is 3.40. The lowest BCUT2D eigenvalue weighted by Gasteiger charge is -2.11. The maximum Gasteiger partial charge on any atom is 0.258 e. The molecule has 3 rings (SSSR count). The number of nitrogens with two attached hydrogens (primary N) is 1. The van der Waals surface area contributed by atoms with E-state index in [1.165, 1.54) is 6.20 Å². The summed E-state index contributed by atoms with van der Waals surface area (Å²) in [5.41, 5.74) is 6.96. The zero-order chi connectivity index (χ0) is 15.0. The Bertz CT molecular complexity index is 758. The van der Waals surface area contributed by atoms with Gasteiger partial charge in [-0.05, 0) is 31.2 Å². The highest BCUT2D eigenvalue weighted by atomic mass is 35.5. The molecule has 1 saturated carbocycles. The second-order valence-corrected chi connectivity index (χ2v) is 7.13. The number of aromatic nitrogens is 2. The van der Waals surface area contributed by atoms with E-state index in [1.807, 2.05) is 6.92 Å². The highest BCUT2D eigenvalue weighted by molar-refractivity contribution is 7.89. The van der Waals surface area contributed by atoms with E-state index < -0.39 is 10.0 Å². The molecule has 2 aromatic heterocycles. The van der Waals surface area contributed by atoms with Gasteiger partial charge in [-0.1, -0.05) is 12.1 Å². The zero-order valence-corrected chi connectivity index (χ0v) is 13.8. The Morgan fingerprint density at radius 3 is 2.86 bits per heavy atom. The molecule has 1 unspecified atom stereocenters. The highest BCUT2D eigenvalue weighted by Gasteiger charge is 2.29. The van der Waals surface area contributed by atoms with Gasteiger partial charge in [-0.2, -0.15) is 0 Å². The molecule has 2 heterocycles. The minimum absolute atomic E-state index is 0. The number of pyridine rings is 1. The van der Waals surface area contributed by atoms with Crippen molar-refractivity contribution in [2.24, 2.45) is 11.7 Å². The van der Waals surface area contributed by atoms with Crippen LogP contribution < -0.4 is 10.5 Å². The fraction of sp³-hybridized carbons (Fsp3) is 0.538. The highest BCUT2D eigenvalue weighted by Crippen LogP contribution is 2.31. The second kappa shape index (κ2) is 6.49. The Balaban J connectivity index is 0.00000176. The van der Waals surface area contributed by atoms with Gasteiger partial charge in [0.25, 0.3) is 5.71 Å². The van der Waals surface area contributed by atoms with Crippen molar-refractivity contribution in [1.29, 1.82) is 0 Å². The Morgan fingerprint density at radius 1 is 1.50 bits per heavy atom. The van der Waals surface area contributed by atoms with Gasteiger partial charge in [-0.15, -0.1) is 12.4 Å². The lowest BCUT2D eigenvalue weighted by atomic mass is 10.2. The predicted octanol–water partition coefficient (Wildman–Crippen LogP) is 1.22. The summed E-state index contributed by atoms with van der Waals surface area (Å²) in [4.78, 5) is 4.12. The molecule has 2 aromatic rings. The molecule has 22 heavy (non-hydrogen) atoms. The first-order valence-corrected chi connectivity index (χ1v) is 8.49. The van der Waals surface area contributed by atoms with Gasteiger partial charge in [0.1, 0.15) is 4.90 Å². The van der Waals surface area contributed by atoms with E-state index in [4.69, 9.17) is 10.3 Å². The van der Waals surface area contributed by atoms with Crippen molar-refractivity contribution in [3.8, 4) is 0 Å². The van der Waals surface area contributed by atoms with Gasteiger partial charge in [0.2, 0.25) is 10.0 Å². The molecule has 1 aliphatic carbocycles. The van der Waals surface area contributed by atoms with Crippen LogP contribution in [-0.4, -0.2) is 31.1 Å². The standard InChI is InChI=1S/C13H18N4O3S.ClH/c1-2-12-10-5-9(6-15-13(10)20-17-12)21(18,19)16-7-11(14)8-3-4-8;/h5-6,8,11,16H,2-4,7,14H2,1H3;1H. The van der Waals surface area contributed by atoms with Crippen LogP contribution in [-0.2, 0) is 16.4 Å². The molecular formula is C13H19ClN4O3S. The Morgan fingerprint density at radius 2 is 2.23 bits per heavy atom. The molecule has 7 nitrogen and oxygen atoms in total. The van der Waals surface area contributed by atoms with Gasteiger partial charge in [0.05, 0.1) is 17.3 Å². The van der Waals surface area contributed by atoms with Crippen LogP contribution in [0.5, 0.6) is 0 Å². The maximum atomic E-state index is 12.3. The first-order valence-electron chi connectivity index (χ1n) is 7.01. The van der Waals surface area contributed by atoms with E-state index in [1.54, 1.807) is 6.07 Å². The molecule has 3 N–H and O–H groups in total. The van der Waals surface area contributed by atoms with Gasteiger partial charge < -0.3 is 10.3 Å². The molecule has 0 spiro atoms. The molecule has 1 aliphatic rings. The molecule has 1 atom stereocenters. The van der Waals surface area contributed by atoms with Gasteiger partial charge >= 0.3 is 0 Å². The van der Waals surface area contributed by atoms with E-state index in [9.17, 15) is 8.42 Å². The normalized spacial score (nSPS) is 16.5. The monoisotopic (exact) mass is 346 g/mol. The zero-order valence-electron chi connectivity index (χ0n) is 12.2. The van der Waals surface area contributed by atoms with E-state index in [-0.39, 0.29) is 29.9 Å². The fourth-order valence-corrected chi connectivity index (χ4v) is 3.29. The van der Waals surface area contributed by atoms with E-state index in [0.717, 1.165) is 12.8 Å². The molecule has 0 bridgehead atoms. The number of sulfonamides is 1. The predicted molar refractivity (Wildman–Crippen MR) is 84.3 cm³/mol. The molecule has 0 radical (unpaired) electrons. The van der Waals surface area contributed by atoms with Crippen molar-refractivity contribution in [2.45, 2.75) is 37.1 Å². The average Bonchev–Trinajstić information content (AvgIpc) is 3.24. The summed E-state index contributed by atoms with van der Waals surface area (Å²) in [5.74, 6) is 0.443. The van der Waals surface area contributed by atoms with Crippen LogP contribution in [0.25, 0.3) is 11.1 Å². The lowest BCUT2D eigenvalue weighted by Crippen LogP contribution is -2.38. The quantitative estimate of drug-likeness (QED) is 0.813. The molecule has 1 fully saturated rings. The molecular weight excluding hydrogens is 328 g/mol. The number of aryl methyl sites for hydroxylation is 1. The number of nitrogens with zero attached hydrogens (tertiary/aromatic N) is 2. The van der Waals surface area contributed by atoms with Crippen molar-refractivity contribution in [3.63, 3.8) is 0 Å². The molecule has 0 aromatic carbocycles. The van der Waals surface area contributed by atoms with Gasteiger partial charge in [-0.25, -0.2) is 18.1 Å². The second-order valence-electron chi connectivity index (χ2n) is 5.36. The van der Waals surface area contributed by atoms with Crippen LogP contribution in [0.15, 0.2) is 21.7 Å². The number of rotatable bonds is 6. The summed E-state index contributed by atoms with van der Waals surface area (Å²) in [6.07, 6.45) is 4.09. The topological polar surface area (TPSA) is 111 Å². The summed E-state index contributed by atoms with van der Waals surface area (Å²) in [6.45, 7) is 2.17.